The van der Waals surface area contributed by atoms with Gasteiger partial charge in [0.15, 0.2) is 0 Å². The Bertz CT molecular complexity index is 1200. The van der Waals surface area contributed by atoms with Crippen LogP contribution in [0.15, 0.2) is 53.4 Å². The highest BCUT2D eigenvalue weighted by Gasteiger charge is 2.29. The second kappa shape index (κ2) is 7.48. The van der Waals surface area contributed by atoms with Crippen LogP contribution in [0.2, 0.25) is 0 Å². The van der Waals surface area contributed by atoms with E-state index in [0.29, 0.717) is 23.2 Å². The Morgan fingerprint density at radius 3 is 2.60 bits per heavy atom. The summed E-state index contributed by atoms with van der Waals surface area (Å²) in [6, 6.07) is 13.6. The molecule has 30 heavy (non-hydrogen) atoms. The van der Waals surface area contributed by atoms with Crippen molar-refractivity contribution in [1.82, 2.24) is 10.2 Å². The van der Waals surface area contributed by atoms with Gasteiger partial charge in [0, 0.05) is 18.0 Å². The summed E-state index contributed by atoms with van der Waals surface area (Å²) in [4.78, 5) is 12.7. The zero-order valence-corrected chi connectivity index (χ0v) is 17.7. The Labute approximate surface area is 178 Å². The van der Waals surface area contributed by atoms with Gasteiger partial charge in [0.1, 0.15) is 5.01 Å². The number of benzene rings is 2. The third-order valence-corrected chi connectivity index (χ3v) is 8.19. The first kappa shape index (κ1) is 19.2. The normalized spacial score (nSPS) is 16.2. The van der Waals surface area contributed by atoms with E-state index >= 15 is 0 Å². The summed E-state index contributed by atoms with van der Waals surface area (Å²) in [5.41, 5.74) is 2.13. The van der Waals surface area contributed by atoms with Gasteiger partial charge in [0.25, 0.3) is 15.9 Å². The maximum Gasteiger partial charge on any atom is 0.264 e. The summed E-state index contributed by atoms with van der Waals surface area (Å²) in [6.07, 6.45) is 3.90. The molecule has 1 N–H and O–H groups in total. The standard InChI is InChI=1S/C21H20N4O3S2/c26-19(22-21-24-23-20(29-21)16-7-8-16)15-9-11-17(12-10-15)30(27,28)25-13-3-5-14-4-1-2-6-18(14)25/h1-2,4,6,9-12,16H,3,5,7-8,13H2,(H,22,24,26). The van der Waals surface area contributed by atoms with E-state index in [1.165, 1.54) is 39.9 Å². The molecule has 9 heteroatoms. The molecule has 2 heterocycles. The Hall–Kier alpha value is -2.78. The largest absolute Gasteiger partial charge is 0.296 e. The minimum absolute atomic E-state index is 0.169. The predicted octanol–water partition coefficient (Wildman–Crippen LogP) is 3.81. The lowest BCUT2D eigenvalue weighted by Crippen LogP contribution is -2.35. The van der Waals surface area contributed by atoms with Crippen molar-refractivity contribution in [3.8, 4) is 0 Å². The molecule has 1 saturated carbocycles. The first-order chi connectivity index (χ1) is 14.5. The van der Waals surface area contributed by atoms with Crippen LogP contribution in [0.3, 0.4) is 0 Å². The molecule has 0 spiro atoms. The molecule has 0 unspecified atom stereocenters. The van der Waals surface area contributed by atoms with Crippen molar-refractivity contribution in [2.75, 3.05) is 16.2 Å². The molecule has 1 amide bonds. The van der Waals surface area contributed by atoms with Crippen molar-refractivity contribution in [2.45, 2.75) is 36.5 Å². The number of para-hydroxylation sites is 1. The first-order valence-electron chi connectivity index (χ1n) is 9.88. The lowest BCUT2D eigenvalue weighted by molar-refractivity contribution is 0.102. The third kappa shape index (κ3) is 3.59. The second-order valence-electron chi connectivity index (χ2n) is 7.51. The summed E-state index contributed by atoms with van der Waals surface area (Å²) in [5.74, 6) is 0.151. The van der Waals surface area contributed by atoms with Crippen LogP contribution >= 0.6 is 11.3 Å². The SMILES string of the molecule is O=C(Nc1nnc(C2CC2)s1)c1ccc(S(=O)(=O)N2CCCc3ccccc32)cc1. The van der Waals surface area contributed by atoms with E-state index in [4.69, 9.17) is 0 Å². The Morgan fingerprint density at radius 1 is 1.07 bits per heavy atom. The van der Waals surface area contributed by atoms with Crippen LogP contribution in [0.5, 0.6) is 0 Å². The number of hydrogen-bond donors (Lipinski definition) is 1. The lowest BCUT2D eigenvalue weighted by Gasteiger charge is -2.30. The highest BCUT2D eigenvalue weighted by molar-refractivity contribution is 7.92. The van der Waals surface area contributed by atoms with Crippen molar-refractivity contribution in [1.29, 1.82) is 0 Å². The fraction of sp³-hybridized carbons (Fsp3) is 0.286. The summed E-state index contributed by atoms with van der Waals surface area (Å²) >= 11 is 1.39. The lowest BCUT2D eigenvalue weighted by atomic mass is 10.0. The van der Waals surface area contributed by atoms with E-state index in [2.05, 4.69) is 15.5 Å². The van der Waals surface area contributed by atoms with Crippen LogP contribution in [0.25, 0.3) is 0 Å². The van der Waals surface area contributed by atoms with E-state index in [1.807, 2.05) is 24.3 Å². The third-order valence-electron chi connectivity index (χ3n) is 5.36. The molecule has 0 atom stereocenters. The number of amides is 1. The molecular formula is C21H20N4O3S2. The van der Waals surface area contributed by atoms with Crippen molar-refractivity contribution in [3.05, 3.63) is 64.7 Å². The van der Waals surface area contributed by atoms with Crippen LogP contribution in [-0.4, -0.2) is 31.1 Å². The van der Waals surface area contributed by atoms with Gasteiger partial charge < -0.3 is 0 Å². The molecule has 5 rings (SSSR count). The van der Waals surface area contributed by atoms with Crippen LogP contribution in [0, 0.1) is 0 Å². The highest BCUT2D eigenvalue weighted by atomic mass is 32.2. The Balaban J connectivity index is 1.34. The molecule has 0 saturated heterocycles. The molecule has 7 nitrogen and oxygen atoms in total. The minimum Gasteiger partial charge on any atom is -0.296 e. The average Bonchev–Trinajstić information content (AvgIpc) is 3.52. The number of fused-ring (bicyclic) bond motifs is 1. The molecule has 1 aliphatic carbocycles. The number of nitrogens with one attached hydrogen (secondary N) is 1. The van der Waals surface area contributed by atoms with Gasteiger partial charge in [-0.2, -0.15) is 0 Å². The minimum atomic E-state index is -3.69. The van der Waals surface area contributed by atoms with Crippen molar-refractivity contribution < 1.29 is 13.2 Å². The van der Waals surface area contributed by atoms with Gasteiger partial charge >= 0.3 is 0 Å². The predicted molar refractivity (Wildman–Crippen MR) is 116 cm³/mol. The van der Waals surface area contributed by atoms with Crippen LogP contribution in [-0.2, 0) is 16.4 Å². The second-order valence-corrected chi connectivity index (χ2v) is 10.4. The van der Waals surface area contributed by atoms with Crippen LogP contribution < -0.4 is 9.62 Å². The van der Waals surface area contributed by atoms with Crippen molar-refractivity contribution in [2.24, 2.45) is 0 Å². The van der Waals surface area contributed by atoms with Gasteiger partial charge in [-0.3, -0.25) is 14.4 Å². The molecule has 1 fully saturated rings. The monoisotopic (exact) mass is 440 g/mol. The summed E-state index contributed by atoms with van der Waals surface area (Å²) < 4.78 is 27.9. The number of carbonyl (C=O) groups is 1. The Morgan fingerprint density at radius 2 is 1.83 bits per heavy atom. The van der Waals surface area contributed by atoms with Gasteiger partial charge in [0.05, 0.1) is 10.6 Å². The number of aryl methyl sites for hydroxylation is 1. The van der Waals surface area contributed by atoms with Gasteiger partial charge in [-0.15, -0.1) is 10.2 Å². The molecule has 3 aromatic rings. The molecule has 0 radical (unpaired) electrons. The van der Waals surface area contributed by atoms with Gasteiger partial charge in [0.2, 0.25) is 5.13 Å². The molecule has 2 aliphatic rings. The number of nitrogens with zero attached hydrogens (tertiary/aromatic N) is 3. The number of rotatable bonds is 5. The molecule has 2 aromatic carbocycles. The van der Waals surface area contributed by atoms with E-state index in [0.717, 1.165) is 41.9 Å². The number of anilines is 2. The highest BCUT2D eigenvalue weighted by Crippen LogP contribution is 2.42. The molecular weight excluding hydrogens is 420 g/mol. The van der Waals surface area contributed by atoms with E-state index in [1.54, 1.807) is 0 Å². The van der Waals surface area contributed by atoms with E-state index in [9.17, 15) is 13.2 Å². The summed E-state index contributed by atoms with van der Waals surface area (Å²) in [7, 11) is -3.69. The smallest absolute Gasteiger partial charge is 0.264 e. The fourth-order valence-corrected chi connectivity index (χ4v) is 6.05. The van der Waals surface area contributed by atoms with Crippen molar-refractivity contribution in [3.63, 3.8) is 0 Å². The summed E-state index contributed by atoms with van der Waals surface area (Å²) in [6.45, 7) is 0.446. The van der Waals surface area contributed by atoms with Gasteiger partial charge in [-0.25, -0.2) is 8.42 Å². The maximum absolute atomic E-state index is 13.2. The Kier molecular flexibility index (Phi) is 4.79. The maximum atomic E-state index is 13.2. The zero-order chi connectivity index (χ0) is 20.7. The first-order valence-corrected chi connectivity index (χ1v) is 12.1. The topological polar surface area (TPSA) is 92.3 Å². The number of aromatic nitrogens is 2. The van der Waals surface area contributed by atoms with E-state index < -0.39 is 10.0 Å². The fourth-order valence-electron chi connectivity index (χ4n) is 3.60. The number of sulfonamides is 1. The number of carbonyl (C=O) groups excluding carboxylic acids is 1. The average molecular weight is 441 g/mol. The van der Waals surface area contributed by atoms with Crippen LogP contribution in [0.4, 0.5) is 10.8 Å². The van der Waals surface area contributed by atoms with E-state index in [-0.39, 0.29) is 10.8 Å². The number of hydrogen-bond acceptors (Lipinski definition) is 6. The van der Waals surface area contributed by atoms with Gasteiger partial charge in [-0.05, 0) is 61.6 Å². The summed E-state index contributed by atoms with van der Waals surface area (Å²) in [5, 5.41) is 12.3. The molecule has 0 bridgehead atoms. The van der Waals surface area contributed by atoms with Crippen molar-refractivity contribution >= 4 is 38.1 Å². The molecule has 1 aliphatic heterocycles. The van der Waals surface area contributed by atoms with Crippen LogP contribution in [0.1, 0.15) is 46.1 Å². The zero-order valence-electron chi connectivity index (χ0n) is 16.1. The molecule has 1 aromatic heterocycles. The molecule has 154 valence electrons. The van der Waals surface area contributed by atoms with Gasteiger partial charge in [-0.1, -0.05) is 29.5 Å². The quantitative estimate of drug-likeness (QED) is 0.651.